The molecule has 0 heterocycles. The van der Waals surface area contributed by atoms with Gasteiger partial charge in [-0.25, -0.2) is 0 Å². The Labute approximate surface area is 65.2 Å². The summed E-state index contributed by atoms with van der Waals surface area (Å²) in [5.74, 6) is -0.348. The maximum atomic E-state index is 10.5. The third-order valence-electron chi connectivity index (χ3n) is 1.19. The largest absolute Gasteiger partial charge is 0.393 e. The first-order chi connectivity index (χ1) is 5.02. The fourth-order valence-corrected chi connectivity index (χ4v) is 0.417. The Hall–Kier alpha value is -0.650. The van der Waals surface area contributed by atoms with Crippen LogP contribution in [0.25, 0.3) is 0 Å². The van der Waals surface area contributed by atoms with Gasteiger partial charge < -0.3 is 21.3 Å². The van der Waals surface area contributed by atoms with Crippen LogP contribution in [0.1, 0.15) is 6.92 Å². The average Bonchev–Trinajstić information content (AvgIpc) is 2.00. The number of carbonyl (C=O) groups excluding carboxylic acids is 1. The van der Waals surface area contributed by atoms with Crippen LogP contribution in [0.3, 0.4) is 0 Å². The standard InChI is InChI=1S/C6H14N2O3/c1-6(11,4-9)3-8-5(10)2-7/h9,11H,2-4,7H2,1H3,(H,8,10). The van der Waals surface area contributed by atoms with Crippen molar-refractivity contribution in [2.75, 3.05) is 19.7 Å². The van der Waals surface area contributed by atoms with Gasteiger partial charge in [0.15, 0.2) is 0 Å². The predicted octanol–water partition coefficient (Wildman–Crippen LogP) is -2.20. The number of rotatable bonds is 4. The Bertz CT molecular complexity index is 136. The summed E-state index contributed by atoms with van der Waals surface area (Å²) >= 11 is 0. The van der Waals surface area contributed by atoms with E-state index in [1.54, 1.807) is 0 Å². The van der Waals surface area contributed by atoms with Gasteiger partial charge in [-0.15, -0.1) is 0 Å². The van der Waals surface area contributed by atoms with Crippen molar-refractivity contribution in [1.82, 2.24) is 5.32 Å². The summed E-state index contributed by atoms with van der Waals surface area (Å²) in [6.45, 7) is 0.933. The number of aliphatic hydroxyl groups is 2. The van der Waals surface area contributed by atoms with Crippen LogP contribution >= 0.6 is 0 Å². The molecule has 0 radical (unpaired) electrons. The maximum Gasteiger partial charge on any atom is 0.233 e. The van der Waals surface area contributed by atoms with E-state index >= 15 is 0 Å². The number of nitrogens with two attached hydrogens (primary N) is 1. The quantitative estimate of drug-likeness (QED) is 0.377. The Kier molecular flexibility index (Phi) is 4.02. The highest BCUT2D eigenvalue weighted by atomic mass is 16.3. The van der Waals surface area contributed by atoms with E-state index in [1.807, 2.05) is 0 Å². The highest BCUT2D eigenvalue weighted by molar-refractivity contribution is 5.77. The molecule has 66 valence electrons. The fourth-order valence-electron chi connectivity index (χ4n) is 0.417. The normalized spacial score (nSPS) is 15.6. The summed E-state index contributed by atoms with van der Waals surface area (Å²) in [5.41, 5.74) is 3.73. The van der Waals surface area contributed by atoms with Gasteiger partial charge in [-0.2, -0.15) is 0 Å². The van der Waals surface area contributed by atoms with E-state index < -0.39 is 12.2 Å². The molecule has 5 heteroatoms. The van der Waals surface area contributed by atoms with Crippen molar-refractivity contribution in [3.05, 3.63) is 0 Å². The third kappa shape index (κ3) is 4.72. The first-order valence-electron chi connectivity index (χ1n) is 3.32. The number of hydrogen-bond donors (Lipinski definition) is 4. The summed E-state index contributed by atoms with van der Waals surface area (Å²) in [6.07, 6.45) is 0. The second-order valence-corrected chi connectivity index (χ2v) is 2.64. The van der Waals surface area contributed by atoms with Gasteiger partial charge in [0.05, 0.1) is 13.2 Å². The van der Waals surface area contributed by atoms with Crippen molar-refractivity contribution in [1.29, 1.82) is 0 Å². The molecule has 1 atom stereocenters. The van der Waals surface area contributed by atoms with Crippen molar-refractivity contribution in [3.63, 3.8) is 0 Å². The zero-order valence-electron chi connectivity index (χ0n) is 6.50. The lowest BCUT2D eigenvalue weighted by atomic mass is 10.1. The van der Waals surface area contributed by atoms with Gasteiger partial charge in [0.25, 0.3) is 0 Å². The molecule has 0 saturated carbocycles. The topological polar surface area (TPSA) is 95.6 Å². The molecule has 5 nitrogen and oxygen atoms in total. The molecule has 0 aromatic heterocycles. The van der Waals surface area contributed by atoms with E-state index in [-0.39, 0.29) is 19.0 Å². The molecule has 0 aliphatic rings. The summed E-state index contributed by atoms with van der Waals surface area (Å²) in [6, 6.07) is 0. The van der Waals surface area contributed by atoms with E-state index in [0.717, 1.165) is 0 Å². The van der Waals surface area contributed by atoms with Crippen LogP contribution in [0, 0.1) is 0 Å². The lowest BCUT2D eigenvalue weighted by molar-refractivity contribution is -0.121. The van der Waals surface area contributed by atoms with Gasteiger partial charge >= 0.3 is 0 Å². The van der Waals surface area contributed by atoms with Crippen molar-refractivity contribution in [3.8, 4) is 0 Å². The van der Waals surface area contributed by atoms with Crippen molar-refractivity contribution < 1.29 is 15.0 Å². The van der Waals surface area contributed by atoms with E-state index in [9.17, 15) is 4.79 Å². The van der Waals surface area contributed by atoms with Crippen LogP contribution in [-0.2, 0) is 4.79 Å². The summed E-state index contributed by atoms with van der Waals surface area (Å²) in [4.78, 5) is 10.5. The van der Waals surface area contributed by atoms with Crippen LogP contribution in [0.15, 0.2) is 0 Å². The summed E-state index contributed by atoms with van der Waals surface area (Å²) in [7, 11) is 0. The number of carbonyl (C=O) groups is 1. The molecule has 0 saturated heterocycles. The van der Waals surface area contributed by atoms with Gasteiger partial charge in [-0.3, -0.25) is 4.79 Å². The van der Waals surface area contributed by atoms with Crippen molar-refractivity contribution >= 4 is 5.91 Å². The Morgan fingerprint density at radius 1 is 1.73 bits per heavy atom. The Morgan fingerprint density at radius 3 is 2.64 bits per heavy atom. The smallest absolute Gasteiger partial charge is 0.233 e. The molecule has 0 rings (SSSR count). The van der Waals surface area contributed by atoms with Gasteiger partial charge in [0.1, 0.15) is 5.60 Å². The Morgan fingerprint density at radius 2 is 2.27 bits per heavy atom. The van der Waals surface area contributed by atoms with Gasteiger partial charge in [-0.1, -0.05) is 0 Å². The lowest BCUT2D eigenvalue weighted by Gasteiger charge is -2.20. The minimum atomic E-state index is -1.26. The number of nitrogens with one attached hydrogen (secondary N) is 1. The minimum Gasteiger partial charge on any atom is -0.393 e. The predicted molar refractivity (Wildman–Crippen MR) is 39.8 cm³/mol. The highest BCUT2D eigenvalue weighted by Gasteiger charge is 2.18. The zero-order chi connectivity index (χ0) is 8.91. The van der Waals surface area contributed by atoms with Crippen LogP contribution in [0.2, 0.25) is 0 Å². The molecule has 0 bridgehead atoms. The minimum absolute atomic E-state index is 0.0134. The second-order valence-electron chi connectivity index (χ2n) is 2.64. The molecular weight excluding hydrogens is 148 g/mol. The molecule has 5 N–H and O–H groups in total. The third-order valence-corrected chi connectivity index (χ3v) is 1.19. The van der Waals surface area contributed by atoms with E-state index in [0.29, 0.717) is 0 Å². The molecule has 1 amide bonds. The van der Waals surface area contributed by atoms with Gasteiger partial charge in [-0.05, 0) is 6.92 Å². The average molecular weight is 162 g/mol. The molecule has 0 fully saturated rings. The molecule has 0 aliphatic heterocycles. The monoisotopic (exact) mass is 162 g/mol. The number of hydrogen-bond acceptors (Lipinski definition) is 4. The van der Waals surface area contributed by atoms with Crippen LogP contribution in [-0.4, -0.2) is 41.4 Å². The lowest BCUT2D eigenvalue weighted by Crippen LogP contribution is -2.44. The first kappa shape index (κ1) is 10.3. The number of aliphatic hydroxyl groups excluding tert-OH is 1. The number of amides is 1. The SMILES string of the molecule is CC(O)(CO)CNC(=O)CN. The fraction of sp³-hybridized carbons (Fsp3) is 0.833. The molecule has 11 heavy (non-hydrogen) atoms. The first-order valence-corrected chi connectivity index (χ1v) is 3.32. The molecular formula is C6H14N2O3. The van der Waals surface area contributed by atoms with Crippen LogP contribution < -0.4 is 11.1 Å². The van der Waals surface area contributed by atoms with Crippen LogP contribution in [0.5, 0.6) is 0 Å². The van der Waals surface area contributed by atoms with E-state index in [2.05, 4.69) is 5.32 Å². The van der Waals surface area contributed by atoms with Crippen molar-refractivity contribution in [2.45, 2.75) is 12.5 Å². The van der Waals surface area contributed by atoms with Gasteiger partial charge in [0, 0.05) is 6.54 Å². The second kappa shape index (κ2) is 4.27. The molecule has 1 unspecified atom stereocenters. The van der Waals surface area contributed by atoms with Crippen LogP contribution in [0.4, 0.5) is 0 Å². The van der Waals surface area contributed by atoms with Crippen molar-refractivity contribution in [2.24, 2.45) is 5.73 Å². The van der Waals surface area contributed by atoms with E-state index in [1.165, 1.54) is 6.92 Å². The highest BCUT2D eigenvalue weighted by Crippen LogP contribution is 1.97. The van der Waals surface area contributed by atoms with Gasteiger partial charge in [0.2, 0.25) is 5.91 Å². The molecule has 0 aromatic rings. The summed E-state index contributed by atoms with van der Waals surface area (Å²) < 4.78 is 0. The maximum absolute atomic E-state index is 10.5. The zero-order valence-corrected chi connectivity index (χ0v) is 6.50. The Balaban J connectivity index is 3.61. The van der Waals surface area contributed by atoms with E-state index in [4.69, 9.17) is 15.9 Å². The molecule has 0 spiro atoms. The molecule has 0 aromatic carbocycles. The summed E-state index contributed by atoms with van der Waals surface area (Å²) in [5, 5.41) is 20.1. The molecule has 0 aliphatic carbocycles.